The second-order valence-corrected chi connectivity index (χ2v) is 7.56. The molecule has 0 radical (unpaired) electrons. The Balaban J connectivity index is 1.47. The molecular weight excluding hydrogens is 344 g/mol. The summed E-state index contributed by atoms with van der Waals surface area (Å²) in [5, 5.41) is 12.1. The predicted molar refractivity (Wildman–Crippen MR) is 103 cm³/mol. The van der Waals surface area contributed by atoms with E-state index in [0.29, 0.717) is 38.3 Å². The number of pyridine rings is 1. The molecule has 0 aromatic carbocycles. The predicted octanol–water partition coefficient (Wildman–Crippen LogP) is 0.896. The van der Waals surface area contributed by atoms with E-state index < -0.39 is 0 Å². The number of anilines is 1. The van der Waals surface area contributed by atoms with Gasteiger partial charge in [-0.3, -0.25) is 4.90 Å². The fraction of sp³-hybridized carbons (Fsp3) is 0.632. The van der Waals surface area contributed by atoms with Crippen molar-refractivity contribution in [2.75, 3.05) is 63.9 Å². The fourth-order valence-corrected chi connectivity index (χ4v) is 3.48. The van der Waals surface area contributed by atoms with Crippen molar-refractivity contribution < 1.29 is 9.53 Å². The lowest BCUT2D eigenvalue weighted by Gasteiger charge is -2.41. The summed E-state index contributed by atoms with van der Waals surface area (Å²) in [6.45, 7) is 10.9. The molecular formula is C19H28N6O2. The van der Waals surface area contributed by atoms with E-state index in [9.17, 15) is 4.79 Å². The van der Waals surface area contributed by atoms with Gasteiger partial charge in [0, 0.05) is 57.5 Å². The molecule has 2 aliphatic rings. The van der Waals surface area contributed by atoms with Crippen LogP contribution < -0.4 is 10.2 Å². The van der Waals surface area contributed by atoms with E-state index in [1.165, 1.54) is 0 Å². The average molecular weight is 372 g/mol. The lowest BCUT2D eigenvalue weighted by Crippen LogP contribution is -2.58. The smallest absolute Gasteiger partial charge is 0.317 e. The van der Waals surface area contributed by atoms with Crippen LogP contribution in [0.1, 0.15) is 19.4 Å². The van der Waals surface area contributed by atoms with Gasteiger partial charge in [0.2, 0.25) is 0 Å². The monoisotopic (exact) mass is 372 g/mol. The standard InChI is InChI=1S/C19H28N6O2/c1-19(2,25-9-11-27-12-10-25)15-22-18(26)24-7-5-23(6-8-24)17-13-16(14-20)3-4-21-17/h3-4,13H,5-12,15H2,1-2H3,(H,22,26). The van der Waals surface area contributed by atoms with Crippen molar-refractivity contribution in [1.82, 2.24) is 20.1 Å². The number of rotatable bonds is 4. The summed E-state index contributed by atoms with van der Waals surface area (Å²) in [6, 6.07) is 5.61. The third-order valence-corrected chi connectivity index (χ3v) is 5.30. The zero-order valence-electron chi connectivity index (χ0n) is 16.1. The SMILES string of the molecule is CC(C)(CNC(=O)N1CCN(c2cc(C#N)ccn2)CC1)N1CCOCC1. The molecule has 146 valence electrons. The molecule has 0 bridgehead atoms. The normalized spacial score (nSPS) is 18.9. The molecule has 2 amide bonds. The quantitative estimate of drug-likeness (QED) is 0.845. The highest BCUT2D eigenvalue weighted by Gasteiger charge is 2.30. The van der Waals surface area contributed by atoms with Gasteiger partial charge in [-0.15, -0.1) is 0 Å². The number of nitrogens with zero attached hydrogens (tertiary/aromatic N) is 5. The van der Waals surface area contributed by atoms with Gasteiger partial charge in [-0.25, -0.2) is 9.78 Å². The number of carbonyl (C=O) groups is 1. The summed E-state index contributed by atoms with van der Waals surface area (Å²) >= 11 is 0. The van der Waals surface area contributed by atoms with Crippen LogP contribution in [0.3, 0.4) is 0 Å². The number of morpholine rings is 1. The highest BCUT2D eigenvalue weighted by atomic mass is 16.5. The molecule has 1 N–H and O–H groups in total. The van der Waals surface area contributed by atoms with E-state index in [1.54, 1.807) is 18.3 Å². The van der Waals surface area contributed by atoms with Crippen molar-refractivity contribution in [2.45, 2.75) is 19.4 Å². The van der Waals surface area contributed by atoms with E-state index >= 15 is 0 Å². The molecule has 1 aromatic rings. The van der Waals surface area contributed by atoms with Crippen LogP contribution in [0.25, 0.3) is 0 Å². The van der Waals surface area contributed by atoms with Gasteiger partial charge < -0.3 is 19.9 Å². The number of amides is 2. The Bertz CT molecular complexity index is 688. The molecule has 27 heavy (non-hydrogen) atoms. The van der Waals surface area contributed by atoms with Crippen LogP contribution in [0.2, 0.25) is 0 Å². The van der Waals surface area contributed by atoms with E-state index in [-0.39, 0.29) is 11.6 Å². The van der Waals surface area contributed by atoms with E-state index in [0.717, 1.165) is 32.1 Å². The molecule has 8 heteroatoms. The van der Waals surface area contributed by atoms with Gasteiger partial charge in [0.25, 0.3) is 0 Å². The molecule has 0 saturated carbocycles. The maximum atomic E-state index is 12.6. The van der Waals surface area contributed by atoms with Gasteiger partial charge in [-0.05, 0) is 26.0 Å². The van der Waals surface area contributed by atoms with Crippen molar-refractivity contribution in [2.24, 2.45) is 0 Å². The minimum atomic E-state index is -0.0943. The van der Waals surface area contributed by atoms with Crippen molar-refractivity contribution in [3.05, 3.63) is 23.9 Å². The van der Waals surface area contributed by atoms with Crippen molar-refractivity contribution in [1.29, 1.82) is 5.26 Å². The van der Waals surface area contributed by atoms with Crippen molar-refractivity contribution in [3.8, 4) is 6.07 Å². The van der Waals surface area contributed by atoms with Crippen LogP contribution in [-0.2, 0) is 4.74 Å². The number of piperazine rings is 1. The van der Waals surface area contributed by atoms with Gasteiger partial charge >= 0.3 is 6.03 Å². The molecule has 2 saturated heterocycles. The summed E-state index contributed by atoms with van der Waals surface area (Å²) in [7, 11) is 0. The maximum absolute atomic E-state index is 12.6. The number of nitriles is 1. The van der Waals surface area contributed by atoms with Gasteiger partial charge in [0.15, 0.2) is 0 Å². The van der Waals surface area contributed by atoms with Gasteiger partial charge in [-0.2, -0.15) is 5.26 Å². The lowest BCUT2D eigenvalue weighted by atomic mass is 10.0. The molecule has 2 fully saturated rings. The zero-order chi connectivity index (χ0) is 19.3. The second-order valence-electron chi connectivity index (χ2n) is 7.56. The summed E-state index contributed by atoms with van der Waals surface area (Å²) in [4.78, 5) is 23.2. The van der Waals surface area contributed by atoms with E-state index in [1.807, 2.05) is 4.90 Å². The Hall–Kier alpha value is -2.37. The summed E-state index contributed by atoms with van der Waals surface area (Å²) in [6.07, 6.45) is 1.65. The number of hydrogen-bond donors (Lipinski definition) is 1. The Kier molecular flexibility index (Phi) is 6.14. The lowest BCUT2D eigenvalue weighted by molar-refractivity contribution is -0.00905. The number of nitrogens with one attached hydrogen (secondary N) is 1. The number of ether oxygens (including phenoxy) is 1. The summed E-state index contributed by atoms with van der Waals surface area (Å²) in [5.74, 6) is 0.794. The zero-order valence-corrected chi connectivity index (χ0v) is 16.1. The number of hydrogen-bond acceptors (Lipinski definition) is 6. The first-order valence-corrected chi connectivity index (χ1v) is 9.46. The molecule has 0 unspecified atom stereocenters. The second kappa shape index (κ2) is 8.55. The number of urea groups is 1. The van der Waals surface area contributed by atoms with E-state index in [2.05, 4.69) is 40.0 Å². The molecule has 3 heterocycles. The molecule has 3 rings (SSSR count). The van der Waals surface area contributed by atoms with Crippen LogP contribution in [0.15, 0.2) is 18.3 Å². The van der Waals surface area contributed by atoms with Gasteiger partial charge in [0.05, 0.1) is 24.8 Å². The average Bonchev–Trinajstić information content (AvgIpc) is 2.73. The largest absolute Gasteiger partial charge is 0.379 e. The van der Waals surface area contributed by atoms with Gasteiger partial charge in [-0.1, -0.05) is 0 Å². The first-order chi connectivity index (χ1) is 13.0. The first kappa shape index (κ1) is 19.4. The summed E-state index contributed by atoms with van der Waals surface area (Å²) in [5.41, 5.74) is 0.508. The van der Waals surface area contributed by atoms with Crippen molar-refractivity contribution >= 4 is 11.8 Å². The topological polar surface area (TPSA) is 84.7 Å². The molecule has 1 aromatic heterocycles. The Morgan fingerprint density at radius 3 is 2.63 bits per heavy atom. The Morgan fingerprint density at radius 2 is 1.96 bits per heavy atom. The van der Waals surface area contributed by atoms with Crippen molar-refractivity contribution in [3.63, 3.8) is 0 Å². The molecule has 0 aliphatic carbocycles. The highest BCUT2D eigenvalue weighted by Crippen LogP contribution is 2.17. The van der Waals surface area contributed by atoms with Crippen LogP contribution >= 0.6 is 0 Å². The number of carbonyl (C=O) groups excluding carboxylic acids is 1. The van der Waals surface area contributed by atoms with E-state index in [4.69, 9.17) is 10.00 Å². The Labute approximate surface area is 160 Å². The molecule has 8 nitrogen and oxygen atoms in total. The van der Waals surface area contributed by atoms with Crippen LogP contribution in [-0.4, -0.2) is 85.4 Å². The third-order valence-electron chi connectivity index (χ3n) is 5.30. The molecule has 0 spiro atoms. The fourth-order valence-electron chi connectivity index (χ4n) is 3.48. The molecule has 2 aliphatic heterocycles. The van der Waals surface area contributed by atoms with Crippen LogP contribution in [0, 0.1) is 11.3 Å². The van der Waals surface area contributed by atoms with Crippen LogP contribution in [0.4, 0.5) is 10.6 Å². The Morgan fingerprint density at radius 1 is 1.26 bits per heavy atom. The minimum absolute atomic E-state index is 0.0188. The maximum Gasteiger partial charge on any atom is 0.317 e. The third kappa shape index (κ3) is 4.87. The highest BCUT2D eigenvalue weighted by molar-refractivity contribution is 5.74. The molecule has 0 atom stereocenters. The number of aromatic nitrogens is 1. The first-order valence-electron chi connectivity index (χ1n) is 9.46. The summed E-state index contributed by atoms with van der Waals surface area (Å²) < 4.78 is 5.41. The van der Waals surface area contributed by atoms with Crippen LogP contribution in [0.5, 0.6) is 0 Å². The van der Waals surface area contributed by atoms with Gasteiger partial charge in [0.1, 0.15) is 5.82 Å². The minimum Gasteiger partial charge on any atom is -0.379 e.